The Hall–Kier alpha value is -3.26. The number of anilines is 1. The van der Waals surface area contributed by atoms with Gasteiger partial charge in [-0.1, -0.05) is 29.1 Å². The fourth-order valence-electron chi connectivity index (χ4n) is 2.93. The number of hydrogen-bond acceptors (Lipinski definition) is 6. The van der Waals surface area contributed by atoms with Gasteiger partial charge in [-0.05, 0) is 24.3 Å². The molecule has 136 valence electrons. The van der Waals surface area contributed by atoms with Gasteiger partial charge in [0.15, 0.2) is 5.76 Å². The van der Waals surface area contributed by atoms with Gasteiger partial charge in [-0.2, -0.15) is 0 Å². The maximum absolute atomic E-state index is 11.3. The lowest BCUT2D eigenvalue weighted by Crippen LogP contribution is -1.97. The predicted octanol–water partition coefficient (Wildman–Crippen LogP) is 4.78. The number of para-hydroxylation sites is 1. The Balaban J connectivity index is 1.80. The molecule has 0 saturated heterocycles. The summed E-state index contributed by atoms with van der Waals surface area (Å²) in [5, 5.41) is 19.3. The highest BCUT2D eigenvalue weighted by molar-refractivity contribution is 7.99. The third kappa shape index (κ3) is 3.39. The molecule has 27 heavy (non-hydrogen) atoms. The van der Waals surface area contributed by atoms with E-state index in [0.29, 0.717) is 11.4 Å². The summed E-state index contributed by atoms with van der Waals surface area (Å²) < 4.78 is 7.30. The van der Waals surface area contributed by atoms with Crippen LogP contribution in [-0.2, 0) is 6.54 Å². The van der Waals surface area contributed by atoms with E-state index < -0.39 is 0 Å². The van der Waals surface area contributed by atoms with Crippen molar-refractivity contribution >= 4 is 34.0 Å². The number of aromatic nitrogens is 2. The largest absolute Gasteiger partial charge is 0.388 e. The minimum absolute atomic E-state index is 0.102. The van der Waals surface area contributed by atoms with Crippen molar-refractivity contribution in [2.75, 3.05) is 12.4 Å². The fourth-order valence-corrected chi connectivity index (χ4v) is 4.02. The van der Waals surface area contributed by atoms with Crippen LogP contribution in [0.5, 0.6) is 0 Å². The second kappa shape index (κ2) is 7.16. The molecule has 0 unspecified atom stereocenters. The summed E-state index contributed by atoms with van der Waals surface area (Å²) >= 11 is 1.39. The van der Waals surface area contributed by atoms with E-state index in [9.17, 15) is 10.1 Å². The van der Waals surface area contributed by atoms with Crippen LogP contribution in [0, 0.1) is 10.1 Å². The minimum atomic E-state index is -0.352. The molecule has 0 aliphatic rings. The number of fused-ring (bicyclic) bond motifs is 1. The minimum Gasteiger partial charge on any atom is -0.388 e. The standard InChI is InChI=1S/C19H16N4O3S/c1-20-13-6-7-15-17(10-13)22(11-14-8-9-21-26-14)12-19(15)27-18-5-3-2-4-16(18)23(24)25/h2-10,12,20H,11H2,1H3. The maximum atomic E-state index is 11.3. The fraction of sp³-hybridized carbons (Fsp3) is 0.105. The Morgan fingerprint density at radius 1 is 1.22 bits per heavy atom. The number of nitro groups is 1. The third-order valence-electron chi connectivity index (χ3n) is 4.23. The zero-order valence-electron chi connectivity index (χ0n) is 14.5. The Morgan fingerprint density at radius 3 is 2.81 bits per heavy atom. The summed E-state index contributed by atoms with van der Waals surface area (Å²) in [6, 6.07) is 14.7. The van der Waals surface area contributed by atoms with Gasteiger partial charge in [-0.15, -0.1) is 0 Å². The molecule has 0 aliphatic carbocycles. The van der Waals surface area contributed by atoms with Crippen molar-refractivity contribution in [1.29, 1.82) is 0 Å². The highest BCUT2D eigenvalue weighted by Gasteiger charge is 2.17. The molecular weight excluding hydrogens is 364 g/mol. The number of hydrogen-bond donors (Lipinski definition) is 1. The Kier molecular flexibility index (Phi) is 4.55. The molecule has 0 bridgehead atoms. The molecule has 8 heteroatoms. The monoisotopic (exact) mass is 380 g/mol. The molecule has 0 amide bonds. The molecule has 2 heterocycles. The van der Waals surface area contributed by atoms with Crippen molar-refractivity contribution in [1.82, 2.24) is 9.72 Å². The summed E-state index contributed by atoms with van der Waals surface area (Å²) in [5.41, 5.74) is 2.10. The SMILES string of the molecule is CNc1ccc2c(Sc3ccccc3[N+](=O)[O-])cn(Cc3ccno3)c2c1. The van der Waals surface area contributed by atoms with Crippen LogP contribution in [0.2, 0.25) is 0 Å². The molecule has 2 aromatic heterocycles. The van der Waals surface area contributed by atoms with Crippen molar-refractivity contribution in [2.24, 2.45) is 0 Å². The van der Waals surface area contributed by atoms with E-state index >= 15 is 0 Å². The second-order valence-corrected chi connectivity index (χ2v) is 6.99. The average molecular weight is 380 g/mol. The molecular formula is C19H16N4O3S. The van der Waals surface area contributed by atoms with Crippen molar-refractivity contribution in [2.45, 2.75) is 16.3 Å². The van der Waals surface area contributed by atoms with Gasteiger partial charge in [0, 0.05) is 41.3 Å². The molecule has 2 aromatic carbocycles. The first-order valence-corrected chi connectivity index (χ1v) is 9.09. The van der Waals surface area contributed by atoms with Crippen molar-refractivity contribution in [3.63, 3.8) is 0 Å². The predicted molar refractivity (Wildman–Crippen MR) is 104 cm³/mol. The first-order valence-electron chi connectivity index (χ1n) is 8.27. The highest BCUT2D eigenvalue weighted by atomic mass is 32.2. The number of nitrogens with one attached hydrogen (secondary N) is 1. The van der Waals surface area contributed by atoms with Crippen LogP contribution in [0.4, 0.5) is 11.4 Å². The molecule has 4 aromatic rings. The van der Waals surface area contributed by atoms with E-state index in [-0.39, 0.29) is 10.6 Å². The maximum Gasteiger partial charge on any atom is 0.283 e. The van der Waals surface area contributed by atoms with E-state index in [1.54, 1.807) is 18.3 Å². The molecule has 7 nitrogen and oxygen atoms in total. The number of nitro benzene ring substituents is 1. The quantitative estimate of drug-likeness (QED) is 0.383. The summed E-state index contributed by atoms with van der Waals surface area (Å²) in [4.78, 5) is 12.5. The van der Waals surface area contributed by atoms with Gasteiger partial charge < -0.3 is 14.4 Å². The van der Waals surface area contributed by atoms with Crippen molar-refractivity contribution in [3.8, 4) is 0 Å². The number of rotatable bonds is 6. The normalized spacial score (nSPS) is 11.0. The van der Waals surface area contributed by atoms with Gasteiger partial charge in [0.2, 0.25) is 0 Å². The Labute approximate surface area is 159 Å². The molecule has 0 radical (unpaired) electrons. The van der Waals surface area contributed by atoms with Crippen LogP contribution in [0.15, 0.2) is 75.2 Å². The number of nitrogens with zero attached hydrogens (tertiary/aromatic N) is 3. The van der Waals surface area contributed by atoms with E-state index in [0.717, 1.165) is 27.2 Å². The van der Waals surface area contributed by atoms with E-state index in [1.165, 1.54) is 17.8 Å². The van der Waals surface area contributed by atoms with Crippen LogP contribution in [0.3, 0.4) is 0 Å². The van der Waals surface area contributed by atoms with Gasteiger partial charge >= 0.3 is 0 Å². The van der Waals surface area contributed by atoms with Gasteiger partial charge in [0.1, 0.15) is 0 Å². The van der Waals surface area contributed by atoms with Crippen LogP contribution < -0.4 is 5.32 Å². The van der Waals surface area contributed by atoms with Gasteiger partial charge in [-0.3, -0.25) is 10.1 Å². The number of benzene rings is 2. The summed E-state index contributed by atoms with van der Waals surface area (Å²) in [7, 11) is 1.87. The first-order chi connectivity index (χ1) is 13.2. The average Bonchev–Trinajstić information content (AvgIpc) is 3.30. The van der Waals surface area contributed by atoms with Crippen LogP contribution in [-0.4, -0.2) is 21.7 Å². The van der Waals surface area contributed by atoms with E-state index in [4.69, 9.17) is 4.52 Å². The lowest BCUT2D eigenvalue weighted by Gasteiger charge is -2.04. The molecule has 0 atom stereocenters. The zero-order chi connectivity index (χ0) is 18.8. The van der Waals surface area contributed by atoms with Crippen LogP contribution in [0.25, 0.3) is 10.9 Å². The molecule has 0 fully saturated rings. The summed E-state index contributed by atoms with van der Waals surface area (Å²) in [6.07, 6.45) is 3.61. The highest BCUT2D eigenvalue weighted by Crippen LogP contribution is 2.39. The first kappa shape index (κ1) is 17.2. The Bertz CT molecular complexity index is 1110. The van der Waals surface area contributed by atoms with Crippen LogP contribution >= 0.6 is 11.8 Å². The lowest BCUT2D eigenvalue weighted by atomic mass is 10.2. The Morgan fingerprint density at radius 2 is 2.07 bits per heavy atom. The smallest absolute Gasteiger partial charge is 0.283 e. The van der Waals surface area contributed by atoms with Crippen molar-refractivity contribution < 1.29 is 9.45 Å². The third-order valence-corrected chi connectivity index (χ3v) is 5.34. The molecule has 1 N–H and O–H groups in total. The van der Waals surface area contributed by atoms with E-state index in [1.807, 2.05) is 37.5 Å². The molecule has 0 saturated carbocycles. The zero-order valence-corrected chi connectivity index (χ0v) is 15.3. The molecule has 0 aliphatic heterocycles. The summed E-state index contributed by atoms with van der Waals surface area (Å²) in [5.74, 6) is 0.740. The molecule has 0 spiro atoms. The van der Waals surface area contributed by atoms with Gasteiger partial charge in [0.25, 0.3) is 5.69 Å². The van der Waals surface area contributed by atoms with Gasteiger partial charge in [-0.25, -0.2) is 0 Å². The van der Waals surface area contributed by atoms with E-state index in [2.05, 4.69) is 21.1 Å². The lowest BCUT2D eigenvalue weighted by molar-refractivity contribution is -0.387. The van der Waals surface area contributed by atoms with Gasteiger partial charge in [0.05, 0.1) is 28.1 Å². The summed E-state index contributed by atoms with van der Waals surface area (Å²) in [6.45, 7) is 0.529. The molecule has 4 rings (SSSR count). The van der Waals surface area contributed by atoms with Crippen LogP contribution in [0.1, 0.15) is 5.76 Å². The van der Waals surface area contributed by atoms with Crippen molar-refractivity contribution in [3.05, 3.63) is 76.8 Å². The second-order valence-electron chi connectivity index (χ2n) is 5.91. The topological polar surface area (TPSA) is 86.1 Å².